The average molecular weight is 427 g/mol. The second-order valence-electron chi connectivity index (χ2n) is 7.98. The Labute approximate surface area is 182 Å². The van der Waals surface area contributed by atoms with Gasteiger partial charge in [0.15, 0.2) is 0 Å². The largest absolute Gasteiger partial charge is 0.481 e. The first-order valence-electron chi connectivity index (χ1n) is 11.7. The fourth-order valence-electron chi connectivity index (χ4n) is 3.18. The first kappa shape index (κ1) is 28.1. The van der Waals surface area contributed by atoms with Crippen molar-refractivity contribution < 1.29 is 29.3 Å². The van der Waals surface area contributed by atoms with E-state index in [-0.39, 0.29) is 25.9 Å². The van der Waals surface area contributed by atoms with Gasteiger partial charge in [-0.15, -0.1) is 0 Å². The quantitative estimate of drug-likeness (QED) is 0.130. The van der Waals surface area contributed by atoms with Crippen LogP contribution in [0.2, 0.25) is 0 Å². The summed E-state index contributed by atoms with van der Waals surface area (Å²) in [6, 6.07) is 0. The van der Waals surface area contributed by atoms with Crippen molar-refractivity contribution in [2.75, 3.05) is 6.61 Å². The third-order valence-corrected chi connectivity index (χ3v) is 5.14. The van der Waals surface area contributed by atoms with Gasteiger partial charge in [-0.25, -0.2) is 0 Å². The predicted octanol–water partition coefficient (Wildman–Crippen LogP) is 6.13. The second-order valence-corrected chi connectivity index (χ2v) is 7.98. The molecule has 0 fully saturated rings. The van der Waals surface area contributed by atoms with Gasteiger partial charge in [0.2, 0.25) is 0 Å². The maximum atomic E-state index is 11.7. The molecule has 0 saturated heterocycles. The van der Waals surface area contributed by atoms with Gasteiger partial charge in [0.05, 0.1) is 5.92 Å². The second kappa shape index (κ2) is 20.4. The van der Waals surface area contributed by atoms with Gasteiger partial charge in [-0.05, 0) is 38.5 Å². The highest BCUT2D eigenvalue weighted by atomic mass is 16.5. The van der Waals surface area contributed by atoms with E-state index in [1.165, 1.54) is 51.4 Å². The minimum Gasteiger partial charge on any atom is -0.481 e. The molecule has 0 aliphatic carbocycles. The Bertz CT molecular complexity index is 486. The average Bonchev–Trinajstić information content (AvgIpc) is 2.70. The molecule has 0 aliphatic rings. The normalized spacial score (nSPS) is 12.2. The zero-order valence-corrected chi connectivity index (χ0v) is 18.8. The van der Waals surface area contributed by atoms with Gasteiger partial charge in [-0.2, -0.15) is 0 Å². The van der Waals surface area contributed by atoms with Crippen molar-refractivity contribution in [1.82, 2.24) is 0 Å². The van der Waals surface area contributed by atoms with E-state index in [0.29, 0.717) is 0 Å². The summed E-state index contributed by atoms with van der Waals surface area (Å²) in [6.45, 7) is 1.98. The number of allylic oxidation sites excluding steroid dienone is 2. The monoisotopic (exact) mass is 426 g/mol. The third kappa shape index (κ3) is 19.5. The number of carbonyl (C=O) groups is 3. The number of carboxylic acid groups (broad SMARTS) is 2. The molecule has 0 aromatic carbocycles. The molecule has 6 heteroatoms. The van der Waals surface area contributed by atoms with Gasteiger partial charge in [0.1, 0.15) is 6.61 Å². The van der Waals surface area contributed by atoms with Crippen LogP contribution in [-0.2, 0) is 19.1 Å². The number of carboxylic acids is 2. The molecule has 1 atom stereocenters. The molecular formula is C24H42O6. The van der Waals surface area contributed by atoms with Crippen LogP contribution in [0.1, 0.15) is 110 Å². The first-order chi connectivity index (χ1) is 14.5. The van der Waals surface area contributed by atoms with E-state index in [4.69, 9.17) is 14.9 Å². The summed E-state index contributed by atoms with van der Waals surface area (Å²) >= 11 is 0. The van der Waals surface area contributed by atoms with Crippen molar-refractivity contribution in [2.45, 2.75) is 110 Å². The van der Waals surface area contributed by atoms with Crippen LogP contribution >= 0.6 is 0 Å². The molecule has 0 aromatic rings. The smallest absolute Gasteiger partial charge is 0.309 e. The van der Waals surface area contributed by atoms with Crippen LogP contribution in [0.3, 0.4) is 0 Å². The minimum absolute atomic E-state index is 0.0364. The molecule has 174 valence electrons. The van der Waals surface area contributed by atoms with Crippen molar-refractivity contribution in [1.29, 1.82) is 0 Å². The zero-order valence-electron chi connectivity index (χ0n) is 18.8. The van der Waals surface area contributed by atoms with Gasteiger partial charge >= 0.3 is 17.9 Å². The molecule has 0 radical (unpaired) electrons. The van der Waals surface area contributed by atoms with Crippen molar-refractivity contribution in [3.8, 4) is 0 Å². The lowest BCUT2D eigenvalue weighted by atomic mass is 10.0. The van der Waals surface area contributed by atoms with Gasteiger partial charge < -0.3 is 14.9 Å². The number of aliphatic carboxylic acids is 2. The van der Waals surface area contributed by atoms with E-state index in [2.05, 4.69) is 19.1 Å². The highest BCUT2D eigenvalue weighted by Crippen LogP contribution is 2.12. The molecule has 0 heterocycles. The van der Waals surface area contributed by atoms with E-state index in [1.54, 1.807) is 0 Å². The summed E-state index contributed by atoms with van der Waals surface area (Å²) in [4.78, 5) is 33.3. The number of rotatable bonds is 21. The van der Waals surface area contributed by atoms with E-state index in [9.17, 15) is 14.4 Å². The Hall–Kier alpha value is -1.85. The fourth-order valence-corrected chi connectivity index (χ4v) is 3.18. The maximum absolute atomic E-state index is 11.7. The highest BCUT2D eigenvalue weighted by molar-refractivity contribution is 5.73. The molecule has 0 bridgehead atoms. The van der Waals surface area contributed by atoms with Crippen molar-refractivity contribution in [3.05, 3.63) is 12.2 Å². The minimum atomic E-state index is -1.13. The Balaban J connectivity index is 3.52. The third-order valence-electron chi connectivity index (χ3n) is 5.14. The van der Waals surface area contributed by atoms with Crippen LogP contribution < -0.4 is 0 Å². The van der Waals surface area contributed by atoms with Gasteiger partial charge in [-0.1, -0.05) is 70.4 Å². The molecule has 1 unspecified atom stereocenters. The topological polar surface area (TPSA) is 101 Å². The Morgan fingerprint density at radius 1 is 0.767 bits per heavy atom. The number of hydrogen-bond acceptors (Lipinski definition) is 4. The lowest BCUT2D eigenvalue weighted by Crippen LogP contribution is -2.22. The summed E-state index contributed by atoms with van der Waals surface area (Å²) in [5, 5.41) is 17.6. The molecule has 0 rings (SSSR count). The molecule has 0 amide bonds. The van der Waals surface area contributed by atoms with Gasteiger partial charge in [-0.3, -0.25) is 14.4 Å². The lowest BCUT2D eigenvalue weighted by molar-refractivity contribution is -0.151. The number of esters is 1. The van der Waals surface area contributed by atoms with E-state index in [0.717, 1.165) is 32.1 Å². The highest BCUT2D eigenvalue weighted by Gasteiger charge is 2.20. The summed E-state index contributed by atoms with van der Waals surface area (Å²) in [6.07, 6.45) is 20.0. The summed E-state index contributed by atoms with van der Waals surface area (Å²) in [5.41, 5.74) is 0. The zero-order chi connectivity index (χ0) is 22.5. The number of ether oxygens (including phenoxy) is 1. The van der Waals surface area contributed by atoms with Crippen LogP contribution in [0.4, 0.5) is 0 Å². The Morgan fingerprint density at radius 2 is 1.30 bits per heavy atom. The molecule has 30 heavy (non-hydrogen) atoms. The molecule has 0 saturated carbocycles. The van der Waals surface area contributed by atoms with Gasteiger partial charge in [0.25, 0.3) is 0 Å². The van der Waals surface area contributed by atoms with E-state index in [1.807, 2.05) is 0 Å². The molecular weight excluding hydrogens is 384 g/mol. The van der Waals surface area contributed by atoms with Crippen LogP contribution in [-0.4, -0.2) is 34.7 Å². The standard InChI is InChI=1S/C24H42O6/c1-2-3-4-5-6-7-8-9-10-11-12-13-14-15-16-17-23(27)30-20-21(24(28)29)18-19-22(25)26/h9-10,21H,2-8,11-20H2,1H3,(H,25,26)(H,28,29). The van der Waals surface area contributed by atoms with Crippen LogP contribution in [0.5, 0.6) is 0 Å². The summed E-state index contributed by atoms with van der Waals surface area (Å²) in [5.74, 6) is -3.56. The Kier molecular flexibility index (Phi) is 19.2. The van der Waals surface area contributed by atoms with Crippen molar-refractivity contribution >= 4 is 17.9 Å². The van der Waals surface area contributed by atoms with E-state index < -0.39 is 23.8 Å². The SMILES string of the molecule is CCCCCCCCC=CCCCCCCCC(=O)OCC(CCC(=O)O)C(=O)O. The fraction of sp³-hybridized carbons (Fsp3) is 0.792. The van der Waals surface area contributed by atoms with Gasteiger partial charge in [0, 0.05) is 12.8 Å². The molecule has 0 aromatic heterocycles. The summed E-state index contributed by atoms with van der Waals surface area (Å²) < 4.78 is 5.00. The van der Waals surface area contributed by atoms with Crippen LogP contribution in [0.15, 0.2) is 12.2 Å². The summed E-state index contributed by atoms with van der Waals surface area (Å²) in [7, 11) is 0. The molecule has 6 nitrogen and oxygen atoms in total. The number of carbonyl (C=O) groups excluding carboxylic acids is 1. The first-order valence-corrected chi connectivity index (χ1v) is 11.7. The van der Waals surface area contributed by atoms with Crippen LogP contribution in [0.25, 0.3) is 0 Å². The number of hydrogen-bond donors (Lipinski definition) is 2. The molecule has 0 aliphatic heterocycles. The maximum Gasteiger partial charge on any atom is 0.309 e. The molecule has 2 N–H and O–H groups in total. The van der Waals surface area contributed by atoms with Crippen molar-refractivity contribution in [2.24, 2.45) is 5.92 Å². The van der Waals surface area contributed by atoms with Crippen molar-refractivity contribution in [3.63, 3.8) is 0 Å². The van der Waals surface area contributed by atoms with E-state index >= 15 is 0 Å². The number of unbranched alkanes of at least 4 members (excludes halogenated alkanes) is 11. The Morgan fingerprint density at radius 3 is 1.83 bits per heavy atom. The molecule has 0 spiro atoms. The predicted molar refractivity (Wildman–Crippen MR) is 118 cm³/mol. The lowest BCUT2D eigenvalue weighted by Gasteiger charge is -2.11. The van der Waals surface area contributed by atoms with Crippen LogP contribution in [0, 0.1) is 5.92 Å².